The van der Waals surface area contributed by atoms with Gasteiger partial charge in [0.2, 0.25) is 0 Å². The predicted molar refractivity (Wildman–Crippen MR) is 59.2 cm³/mol. The second-order valence-corrected chi connectivity index (χ2v) is 3.34. The molecule has 0 N–H and O–H groups in total. The smallest absolute Gasteiger partial charge is 0.317 e. The fraction of sp³-hybridized carbons (Fsp3) is 0.273. The molecule has 1 heterocycles. The van der Waals surface area contributed by atoms with Gasteiger partial charge in [0.25, 0.3) is 0 Å². The first-order valence-corrected chi connectivity index (χ1v) is 5.12. The van der Waals surface area contributed by atoms with E-state index < -0.39 is 0 Å². The van der Waals surface area contributed by atoms with Crippen molar-refractivity contribution >= 4 is 27.4 Å². The van der Waals surface area contributed by atoms with Crippen LogP contribution in [0.25, 0.3) is 10.9 Å². The Morgan fingerprint density at radius 3 is 2.54 bits per heavy atom. The number of aromatic nitrogens is 1. The number of hydrogen-bond acceptors (Lipinski definition) is 0. The van der Waals surface area contributed by atoms with E-state index in [1.54, 1.807) is 0 Å². The quantitative estimate of drug-likeness (QED) is 0.559. The van der Waals surface area contributed by atoms with Crippen molar-refractivity contribution in [3.05, 3.63) is 36.0 Å². The molecular formula is C11H14AlN. The van der Waals surface area contributed by atoms with Crippen LogP contribution in [-0.4, -0.2) is 20.1 Å². The fourth-order valence-electron chi connectivity index (χ4n) is 1.28. The van der Waals surface area contributed by atoms with Gasteiger partial charge in [0, 0.05) is 5.52 Å². The summed E-state index contributed by atoms with van der Waals surface area (Å²) in [5, 5.41) is 1.31. The van der Waals surface area contributed by atoms with E-state index in [0.717, 1.165) is 0 Å². The monoisotopic (exact) mass is 187 g/mol. The molecule has 1 aromatic carbocycles. The second-order valence-electron chi connectivity index (χ2n) is 2.79. The highest BCUT2D eigenvalue weighted by atomic mass is 27.1. The van der Waals surface area contributed by atoms with Crippen molar-refractivity contribution in [2.75, 3.05) is 0 Å². The number of benzene rings is 1. The zero-order valence-corrected chi connectivity index (χ0v) is 9.57. The van der Waals surface area contributed by atoms with Gasteiger partial charge in [-0.05, 0) is 36.7 Å². The summed E-state index contributed by atoms with van der Waals surface area (Å²) in [7, 11) is 0. The minimum absolute atomic E-state index is 1.26. The van der Waals surface area contributed by atoms with Gasteiger partial charge in [-0.25, -0.2) is 0 Å². The molecule has 0 aliphatic carbocycles. The molecule has 2 aromatic rings. The molecule has 0 saturated carbocycles. The van der Waals surface area contributed by atoms with Gasteiger partial charge in [-0.3, -0.25) is 0 Å². The third kappa shape index (κ3) is 2.15. The molecule has 0 saturated heterocycles. The van der Waals surface area contributed by atoms with Crippen LogP contribution in [0.5, 0.6) is 0 Å². The van der Waals surface area contributed by atoms with Crippen molar-refractivity contribution in [3.8, 4) is 0 Å². The van der Waals surface area contributed by atoms with Crippen LogP contribution < -0.4 is 0 Å². The number of nitrogens with zero attached hydrogens (tertiary/aromatic N) is 1. The van der Waals surface area contributed by atoms with Gasteiger partial charge < -0.3 is 3.55 Å². The standard InChI is InChI=1S/C9H8N.C2H6.Al/c1-7-2-3-9-8(6-7)4-5-10-9;1-2;/h2-6H,1H3;1-2H3;/q-1;;+1. The van der Waals surface area contributed by atoms with E-state index in [4.69, 9.17) is 0 Å². The maximum absolute atomic E-state index is 2.66. The van der Waals surface area contributed by atoms with Crippen LogP contribution in [0.3, 0.4) is 0 Å². The topological polar surface area (TPSA) is 4.93 Å². The van der Waals surface area contributed by atoms with Crippen LogP contribution in [0.15, 0.2) is 30.5 Å². The van der Waals surface area contributed by atoms with Crippen molar-refractivity contribution in [2.24, 2.45) is 0 Å². The molecule has 66 valence electrons. The Morgan fingerprint density at radius 2 is 1.85 bits per heavy atom. The Labute approximate surface area is 88.0 Å². The summed E-state index contributed by atoms with van der Waals surface area (Å²) in [6, 6.07) is 8.58. The lowest BCUT2D eigenvalue weighted by atomic mass is 10.2. The van der Waals surface area contributed by atoms with Gasteiger partial charge >= 0.3 is 16.5 Å². The number of rotatable bonds is 0. The summed E-state index contributed by atoms with van der Waals surface area (Å²) in [6.07, 6.45) is 2.05. The average Bonchev–Trinajstić information content (AvgIpc) is 2.51. The molecule has 0 fully saturated rings. The molecule has 2 rings (SSSR count). The Morgan fingerprint density at radius 1 is 1.15 bits per heavy atom. The van der Waals surface area contributed by atoms with E-state index in [9.17, 15) is 0 Å². The van der Waals surface area contributed by atoms with Crippen LogP contribution >= 0.6 is 0 Å². The summed E-state index contributed by atoms with van der Waals surface area (Å²) >= 11 is 2.66. The highest BCUT2D eigenvalue weighted by molar-refractivity contribution is 6.11. The highest BCUT2D eigenvalue weighted by Gasteiger charge is 1.94. The largest absolute Gasteiger partial charge is 0.458 e. The van der Waals surface area contributed by atoms with Crippen LogP contribution in [0.2, 0.25) is 0 Å². The molecule has 0 spiro atoms. The summed E-state index contributed by atoms with van der Waals surface area (Å²) in [4.78, 5) is 0. The van der Waals surface area contributed by atoms with E-state index in [2.05, 4.69) is 57.4 Å². The number of aryl methyl sites for hydroxylation is 1. The van der Waals surface area contributed by atoms with Gasteiger partial charge in [0.05, 0.1) is 0 Å². The average molecular weight is 187 g/mol. The van der Waals surface area contributed by atoms with Crippen molar-refractivity contribution in [3.63, 3.8) is 0 Å². The number of fused-ring (bicyclic) bond motifs is 1. The van der Waals surface area contributed by atoms with Crippen LogP contribution in [0.1, 0.15) is 19.4 Å². The minimum Gasteiger partial charge on any atom is -0.458 e. The molecule has 0 aliphatic rings. The molecular weight excluding hydrogens is 173 g/mol. The van der Waals surface area contributed by atoms with E-state index >= 15 is 0 Å². The maximum atomic E-state index is 2.66. The third-order valence-electron chi connectivity index (χ3n) is 1.88. The predicted octanol–water partition coefficient (Wildman–Crippen LogP) is 2.91. The number of hydrogen-bond donors (Lipinski definition) is 0. The molecule has 0 amide bonds. The first kappa shape index (κ1) is 10.4. The Bertz CT molecular complexity index is 390. The molecule has 13 heavy (non-hydrogen) atoms. The second kappa shape index (κ2) is 4.51. The van der Waals surface area contributed by atoms with Gasteiger partial charge in [-0.1, -0.05) is 25.5 Å². The third-order valence-corrected chi connectivity index (χ3v) is 2.33. The molecule has 1 aromatic heterocycles. The maximum Gasteiger partial charge on any atom is 0.317 e. The van der Waals surface area contributed by atoms with Crippen molar-refractivity contribution in [1.82, 2.24) is 3.55 Å². The van der Waals surface area contributed by atoms with Crippen molar-refractivity contribution < 1.29 is 0 Å². The first-order valence-electron chi connectivity index (χ1n) is 4.60. The van der Waals surface area contributed by atoms with Crippen LogP contribution in [-0.2, 0) is 0 Å². The first-order chi connectivity index (χ1) is 6.27. The SMILES string of the molecule is CC.Cc1ccc2c(cc[n]2[Al])c1. The lowest BCUT2D eigenvalue weighted by Crippen LogP contribution is -1.86. The van der Waals surface area contributed by atoms with Gasteiger partial charge in [0.15, 0.2) is 0 Å². The summed E-state index contributed by atoms with van der Waals surface area (Å²) in [5.41, 5.74) is 2.58. The summed E-state index contributed by atoms with van der Waals surface area (Å²) < 4.78 is 2.05. The lowest BCUT2D eigenvalue weighted by molar-refractivity contribution is 1.32. The van der Waals surface area contributed by atoms with Crippen LogP contribution in [0, 0.1) is 6.92 Å². The molecule has 1 nitrogen and oxygen atoms in total. The Hall–Kier alpha value is -0.708. The summed E-state index contributed by atoms with van der Waals surface area (Å²) in [6.45, 7) is 6.11. The lowest BCUT2D eigenvalue weighted by Gasteiger charge is -1.97. The van der Waals surface area contributed by atoms with Gasteiger partial charge in [-0.2, -0.15) is 0 Å². The zero-order chi connectivity index (χ0) is 9.84. The van der Waals surface area contributed by atoms with E-state index in [0.29, 0.717) is 0 Å². The van der Waals surface area contributed by atoms with Crippen molar-refractivity contribution in [1.29, 1.82) is 0 Å². The van der Waals surface area contributed by atoms with Gasteiger partial charge in [0.1, 0.15) is 0 Å². The van der Waals surface area contributed by atoms with E-state index in [1.165, 1.54) is 16.5 Å². The minimum atomic E-state index is 1.26. The van der Waals surface area contributed by atoms with Crippen LogP contribution in [0.4, 0.5) is 0 Å². The molecule has 0 unspecified atom stereocenters. The molecule has 0 aliphatic heterocycles. The molecule has 0 atom stereocenters. The van der Waals surface area contributed by atoms with E-state index in [-0.39, 0.29) is 0 Å². The highest BCUT2D eigenvalue weighted by Crippen LogP contribution is 2.15. The van der Waals surface area contributed by atoms with Crippen molar-refractivity contribution in [2.45, 2.75) is 20.8 Å². The molecule has 0 bridgehead atoms. The Balaban J connectivity index is 0.000000396. The molecule has 2 heteroatoms. The normalized spacial score (nSPS) is 9.46. The summed E-state index contributed by atoms with van der Waals surface area (Å²) in [5.74, 6) is 0. The van der Waals surface area contributed by atoms with E-state index in [1.807, 2.05) is 13.8 Å². The van der Waals surface area contributed by atoms with Gasteiger partial charge in [-0.15, -0.1) is 0 Å². The Kier molecular flexibility index (Phi) is 3.60. The molecule has 2 radical (unpaired) electrons. The zero-order valence-electron chi connectivity index (χ0n) is 8.41. The fourth-order valence-corrected chi connectivity index (χ4v) is 1.60.